The van der Waals surface area contributed by atoms with Crippen molar-refractivity contribution >= 4 is 17.6 Å². The van der Waals surface area contributed by atoms with Crippen molar-refractivity contribution in [2.45, 2.75) is 26.8 Å². The predicted octanol–water partition coefficient (Wildman–Crippen LogP) is 1.83. The van der Waals surface area contributed by atoms with Gasteiger partial charge >= 0.3 is 0 Å². The standard InChI is InChI=1S/C18H25FN6O/c1-13-10-14(2)25(24-13)9-5-8-21-18(20-3)22-12-17(26)23-16-7-4-6-15(19)11-16/h4,6-7,10-11H,5,8-9,12H2,1-3H3,(H,23,26)(H2,20,21,22). The Balaban J connectivity index is 1.68. The molecule has 1 heterocycles. The maximum Gasteiger partial charge on any atom is 0.243 e. The number of halogens is 1. The molecule has 1 amide bonds. The van der Waals surface area contributed by atoms with Gasteiger partial charge in [-0.2, -0.15) is 5.10 Å². The number of carbonyl (C=O) groups excluding carboxylic acids is 1. The second-order valence-electron chi connectivity index (χ2n) is 5.91. The smallest absolute Gasteiger partial charge is 0.243 e. The molecule has 0 fully saturated rings. The molecule has 140 valence electrons. The summed E-state index contributed by atoms with van der Waals surface area (Å²) in [6.07, 6.45) is 0.873. The third kappa shape index (κ3) is 6.19. The molecule has 0 unspecified atom stereocenters. The number of aromatic nitrogens is 2. The topological polar surface area (TPSA) is 83.3 Å². The number of guanidine groups is 1. The highest BCUT2D eigenvalue weighted by Crippen LogP contribution is 2.08. The van der Waals surface area contributed by atoms with Gasteiger partial charge in [-0.25, -0.2) is 4.39 Å². The van der Waals surface area contributed by atoms with E-state index in [1.165, 1.54) is 12.1 Å². The summed E-state index contributed by atoms with van der Waals surface area (Å²) < 4.78 is 15.1. The number of hydrogen-bond donors (Lipinski definition) is 3. The number of benzene rings is 1. The third-order valence-corrected chi connectivity index (χ3v) is 3.69. The molecule has 1 aromatic carbocycles. The van der Waals surface area contributed by atoms with Gasteiger partial charge in [0.15, 0.2) is 5.96 Å². The number of anilines is 1. The first kappa shape index (κ1) is 19.4. The van der Waals surface area contributed by atoms with Crippen LogP contribution in [0.3, 0.4) is 0 Å². The molecule has 26 heavy (non-hydrogen) atoms. The summed E-state index contributed by atoms with van der Waals surface area (Å²) in [6.45, 7) is 5.55. The Hall–Kier alpha value is -2.90. The maximum atomic E-state index is 13.1. The van der Waals surface area contributed by atoms with E-state index in [-0.39, 0.29) is 12.5 Å². The van der Waals surface area contributed by atoms with Crippen molar-refractivity contribution in [3.05, 3.63) is 47.5 Å². The van der Waals surface area contributed by atoms with Gasteiger partial charge in [-0.3, -0.25) is 14.5 Å². The molecule has 0 spiro atoms. The number of aliphatic imine (C=N–C) groups is 1. The van der Waals surface area contributed by atoms with E-state index >= 15 is 0 Å². The van der Waals surface area contributed by atoms with Crippen LogP contribution < -0.4 is 16.0 Å². The van der Waals surface area contributed by atoms with Crippen LogP contribution in [0.15, 0.2) is 35.3 Å². The lowest BCUT2D eigenvalue weighted by atomic mass is 10.3. The Morgan fingerprint density at radius 1 is 1.27 bits per heavy atom. The minimum atomic E-state index is -0.393. The van der Waals surface area contributed by atoms with E-state index in [0.29, 0.717) is 18.2 Å². The van der Waals surface area contributed by atoms with Crippen LogP contribution in [0.1, 0.15) is 17.8 Å². The predicted molar refractivity (Wildman–Crippen MR) is 101 cm³/mol. The van der Waals surface area contributed by atoms with Gasteiger partial charge in [0.2, 0.25) is 5.91 Å². The summed E-state index contributed by atoms with van der Waals surface area (Å²) in [5.41, 5.74) is 2.57. The molecule has 0 bridgehead atoms. The number of aryl methyl sites for hydroxylation is 3. The maximum absolute atomic E-state index is 13.1. The van der Waals surface area contributed by atoms with Crippen LogP contribution in [0.25, 0.3) is 0 Å². The molecule has 0 aliphatic carbocycles. The molecule has 1 aromatic heterocycles. The second kappa shape index (κ2) is 9.55. The van der Waals surface area contributed by atoms with Crippen molar-refractivity contribution in [1.82, 2.24) is 20.4 Å². The first-order chi connectivity index (χ1) is 12.5. The zero-order valence-corrected chi connectivity index (χ0v) is 15.3. The lowest BCUT2D eigenvalue weighted by molar-refractivity contribution is -0.115. The van der Waals surface area contributed by atoms with Crippen LogP contribution in [-0.4, -0.2) is 41.8 Å². The van der Waals surface area contributed by atoms with Crippen LogP contribution in [0.2, 0.25) is 0 Å². The van der Waals surface area contributed by atoms with Crippen molar-refractivity contribution in [3.63, 3.8) is 0 Å². The van der Waals surface area contributed by atoms with Gasteiger partial charge in [-0.1, -0.05) is 6.07 Å². The van der Waals surface area contributed by atoms with Crippen LogP contribution in [0.4, 0.5) is 10.1 Å². The summed E-state index contributed by atoms with van der Waals surface area (Å²) in [6, 6.07) is 7.82. The highest BCUT2D eigenvalue weighted by atomic mass is 19.1. The van der Waals surface area contributed by atoms with Crippen molar-refractivity contribution in [2.24, 2.45) is 4.99 Å². The van der Waals surface area contributed by atoms with Crippen LogP contribution >= 0.6 is 0 Å². The van der Waals surface area contributed by atoms with Crippen LogP contribution in [0, 0.1) is 19.7 Å². The first-order valence-corrected chi connectivity index (χ1v) is 8.49. The average molecular weight is 360 g/mol. The number of hydrogen-bond acceptors (Lipinski definition) is 3. The SMILES string of the molecule is CN=C(NCCCn1nc(C)cc1C)NCC(=O)Nc1cccc(F)c1. The quantitative estimate of drug-likeness (QED) is 0.400. The zero-order chi connectivity index (χ0) is 18.9. The molecule has 0 atom stereocenters. The van der Waals surface area contributed by atoms with Gasteiger partial charge in [0.05, 0.1) is 12.2 Å². The lowest BCUT2D eigenvalue weighted by Gasteiger charge is -2.12. The molecule has 7 nitrogen and oxygen atoms in total. The Morgan fingerprint density at radius 3 is 2.73 bits per heavy atom. The second-order valence-corrected chi connectivity index (χ2v) is 5.91. The largest absolute Gasteiger partial charge is 0.356 e. The van der Waals surface area contributed by atoms with Crippen LogP contribution in [0.5, 0.6) is 0 Å². The summed E-state index contributed by atoms with van der Waals surface area (Å²) in [5.74, 6) is -0.134. The zero-order valence-electron chi connectivity index (χ0n) is 15.3. The summed E-state index contributed by atoms with van der Waals surface area (Å²) in [5, 5.41) is 13.1. The monoisotopic (exact) mass is 360 g/mol. The summed E-state index contributed by atoms with van der Waals surface area (Å²) in [4.78, 5) is 16.0. The highest BCUT2D eigenvalue weighted by Gasteiger charge is 2.05. The number of rotatable bonds is 7. The minimum absolute atomic E-state index is 0.0354. The molecule has 0 radical (unpaired) electrons. The molecule has 8 heteroatoms. The van der Waals surface area contributed by atoms with Gasteiger partial charge in [-0.15, -0.1) is 0 Å². The summed E-state index contributed by atoms with van der Waals surface area (Å²) in [7, 11) is 1.64. The highest BCUT2D eigenvalue weighted by molar-refractivity contribution is 5.94. The Kier molecular flexibility index (Phi) is 7.13. The molecular weight excluding hydrogens is 335 g/mol. The fraction of sp³-hybridized carbons (Fsp3) is 0.389. The first-order valence-electron chi connectivity index (χ1n) is 8.49. The van der Waals surface area contributed by atoms with E-state index < -0.39 is 5.82 Å². The molecule has 2 aromatic rings. The molecular formula is C18H25FN6O. The lowest BCUT2D eigenvalue weighted by Crippen LogP contribution is -2.41. The molecule has 0 saturated heterocycles. The average Bonchev–Trinajstić information content (AvgIpc) is 2.91. The van der Waals surface area contributed by atoms with E-state index in [0.717, 1.165) is 24.4 Å². The Morgan fingerprint density at radius 2 is 2.08 bits per heavy atom. The van der Waals surface area contributed by atoms with Crippen molar-refractivity contribution in [1.29, 1.82) is 0 Å². The van der Waals surface area contributed by atoms with E-state index in [4.69, 9.17) is 0 Å². The van der Waals surface area contributed by atoms with Gasteiger partial charge in [0.1, 0.15) is 5.82 Å². The third-order valence-electron chi connectivity index (χ3n) is 3.69. The molecule has 2 rings (SSSR count). The van der Waals surface area contributed by atoms with Crippen molar-refractivity contribution < 1.29 is 9.18 Å². The number of nitrogens with one attached hydrogen (secondary N) is 3. The van der Waals surface area contributed by atoms with Crippen LogP contribution in [-0.2, 0) is 11.3 Å². The molecule has 0 saturated carbocycles. The Bertz CT molecular complexity index is 771. The minimum Gasteiger partial charge on any atom is -0.356 e. The fourth-order valence-electron chi connectivity index (χ4n) is 2.49. The van der Waals surface area contributed by atoms with E-state index in [2.05, 4.69) is 26.0 Å². The van der Waals surface area contributed by atoms with Gasteiger partial charge < -0.3 is 16.0 Å². The number of amides is 1. The number of carbonyl (C=O) groups is 1. The molecule has 3 N–H and O–H groups in total. The van der Waals surface area contributed by atoms with E-state index in [1.807, 2.05) is 24.6 Å². The summed E-state index contributed by atoms with van der Waals surface area (Å²) >= 11 is 0. The van der Waals surface area contributed by atoms with E-state index in [9.17, 15) is 9.18 Å². The van der Waals surface area contributed by atoms with Gasteiger partial charge in [0, 0.05) is 31.5 Å². The van der Waals surface area contributed by atoms with Gasteiger partial charge in [-0.05, 0) is 44.5 Å². The van der Waals surface area contributed by atoms with Crippen molar-refractivity contribution in [2.75, 3.05) is 25.5 Å². The number of nitrogens with zero attached hydrogens (tertiary/aromatic N) is 3. The van der Waals surface area contributed by atoms with Crippen molar-refractivity contribution in [3.8, 4) is 0 Å². The van der Waals surface area contributed by atoms with Gasteiger partial charge in [0.25, 0.3) is 0 Å². The normalized spacial score (nSPS) is 11.3. The molecule has 0 aliphatic rings. The van der Waals surface area contributed by atoms with E-state index in [1.54, 1.807) is 19.2 Å². The molecule has 0 aliphatic heterocycles. The Labute approximate surface area is 152 Å². The fourth-order valence-corrected chi connectivity index (χ4v) is 2.49.